The molecule has 1 aliphatic carbocycles. The molecular formula is C10H17N3O4. The standard InChI is InChI=1S/C10H17N3O4/c1-6(9(16)12-7-3-4-7)11-10(17)13(2)5-8(14)15/h6-7H,3-5H2,1-2H3,(H,11,17)(H,12,16)(H,14,15). The maximum atomic E-state index is 11.5. The summed E-state index contributed by atoms with van der Waals surface area (Å²) in [6.45, 7) is 1.16. The van der Waals surface area contributed by atoms with E-state index in [1.54, 1.807) is 6.92 Å². The fourth-order valence-electron chi connectivity index (χ4n) is 1.19. The van der Waals surface area contributed by atoms with Crippen LogP contribution in [0.4, 0.5) is 4.79 Å². The Morgan fingerprint density at radius 3 is 2.47 bits per heavy atom. The minimum atomic E-state index is -1.10. The van der Waals surface area contributed by atoms with Gasteiger partial charge in [0.15, 0.2) is 0 Å². The van der Waals surface area contributed by atoms with Crippen LogP contribution in [0.5, 0.6) is 0 Å². The van der Waals surface area contributed by atoms with Gasteiger partial charge in [-0.2, -0.15) is 0 Å². The van der Waals surface area contributed by atoms with E-state index in [-0.39, 0.29) is 11.9 Å². The van der Waals surface area contributed by atoms with Gasteiger partial charge < -0.3 is 20.6 Å². The molecule has 1 fully saturated rings. The quantitative estimate of drug-likeness (QED) is 0.599. The molecule has 0 heterocycles. The van der Waals surface area contributed by atoms with E-state index in [0.29, 0.717) is 0 Å². The lowest BCUT2D eigenvalue weighted by Gasteiger charge is -2.19. The summed E-state index contributed by atoms with van der Waals surface area (Å²) in [6.07, 6.45) is 1.96. The molecule has 1 unspecified atom stereocenters. The lowest BCUT2D eigenvalue weighted by Crippen LogP contribution is -2.50. The zero-order chi connectivity index (χ0) is 13.0. The van der Waals surface area contributed by atoms with Gasteiger partial charge in [-0.3, -0.25) is 9.59 Å². The molecule has 0 aliphatic heterocycles. The summed E-state index contributed by atoms with van der Waals surface area (Å²) in [5.74, 6) is -1.35. The van der Waals surface area contributed by atoms with Gasteiger partial charge >= 0.3 is 12.0 Å². The Labute approximate surface area is 99.2 Å². The first-order chi connectivity index (χ1) is 7.90. The maximum absolute atomic E-state index is 11.5. The van der Waals surface area contributed by atoms with Crippen LogP contribution in [0.1, 0.15) is 19.8 Å². The summed E-state index contributed by atoms with van der Waals surface area (Å²) in [5.41, 5.74) is 0. The molecule has 7 nitrogen and oxygen atoms in total. The van der Waals surface area contributed by atoms with Gasteiger partial charge in [-0.15, -0.1) is 0 Å². The van der Waals surface area contributed by atoms with Crippen LogP contribution in [0.3, 0.4) is 0 Å². The number of carboxylic acids is 1. The van der Waals surface area contributed by atoms with Crippen molar-refractivity contribution in [1.82, 2.24) is 15.5 Å². The van der Waals surface area contributed by atoms with Crippen LogP contribution in [0.2, 0.25) is 0 Å². The van der Waals surface area contributed by atoms with Crippen molar-refractivity contribution >= 4 is 17.9 Å². The number of carboxylic acid groups (broad SMARTS) is 1. The summed E-state index contributed by atoms with van der Waals surface area (Å²) in [6, 6.07) is -1.01. The number of amides is 3. The number of hydrogen-bond acceptors (Lipinski definition) is 3. The number of nitrogens with zero attached hydrogens (tertiary/aromatic N) is 1. The second kappa shape index (κ2) is 5.51. The topological polar surface area (TPSA) is 98.7 Å². The Hall–Kier alpha value is -1.79. The Kier molecular flexibility index (Phi) is 4.30. The van der Waals surface area contributed by atoms with Crippen LogP contribution in [0, 0.1) is 0 Å². The van der Waals surface area contributed by atoms with Crippen molar-refractivity contribution in [2.75, 3.05) is 13.6 Å². The summed E-state index contributed by atoms with van der Waals surface area (Å²) in [5, 5.41) is 13.7. The van der Waals surface area contributed by atoms with Crippen molar-refractivity contribution in [3.05, 3.63) is 0 Å². The largest absolute Gasteiger partial charge is 0.480 e. The Bertz CT molecular complexity index is 328. The molecular weight excluding hydrogens is 226 g/mol. The van der Waals surface area contributed by atoms with Gasteiger partial charge in [0.2, 0.25) is 5.91 Å². The van der Waals surface area contributed by atoms with Crippen LogP contribution in [-0.4, -0.2) is 53.6 Å². The summed E-state index contributed by atoms with van der Waals surface area (Å²) < 4.78 is 0. The average Bonchev–Trinajstić information content (AvgIpc) is 3.00. The molecule has 7 heteroatoms. The highest BCUT2D eigenvalue weighted by Gasteiger charge is 2.26. The molecule has 0 aromatic carbocycles. The highest BCUT2D eigenvalue weighted by molar-refractivity contribution is 5.87. The van der Waals surface area contributed by atoms with Crippen molar-refractivity contribution < 1.29 is 19.5 Å². The molecule has 1 atom stereocenters. The van der Waals surface area contributed by atoms with Gasteiger partial charge in [-0.1, -0.05) is 0 Å². The van der Waals surface area contributed by atoms with Crippen LogP contribution in [-0.2, 0) is 9.59 Å². The first-order valence-corrected chi connectivity index (χ1v) is 5.44. The molecule has 0 radical (unpaired) electrons. The van der Waals surface area contributed by atoms with E-state index in [0.717, 1.165) is 17.7 Å². The first kappa shape index (κ1) is 13.3. The number of likely N-dealkylation sites (N-methyl/N-ethyl adjacent to an activating group) is 1. The number of carbonyl (C=O) groups is 3. The molecule has 0 aromatic rings. The number of aliphatic carboxylic acids is 1. The fraction of sp³-hybridized carbons (Fsp3) is 0.700. The third-order valence-corrected chi connectivity index (χ3v) is 2.38. The van der Waals surface area contributed by atoms with Gasteiger partial charge in [-0.05, 0) is 19.8 Å². The van der Waals surface area contributed by atoms with E-state index in [9.17, 15) is 14.4 Å². The van der Waals surface area contributed by atoms with Crippen molar-refractivity contribution in [1.29, 1.82) is 0 Å². The molecule has 1 rings (SSSR count). The van der Waals surface area contributed by atoms with E-state index in [4.69, 9.17) is 5.11 Å². The second-order valence-electron chi connectivity index (χ2n) is 4.20. The number of urea groups is 1. The third-order valence-electron chi connectivity index (χ3n) is 2.38. The van der Waals surface area contributed by atoms with E-state index in [2.05, 4.69) is 10.6 Å². The van der Waals surface area contributed by atoms with Gasteiger partial charge in [-0.25, -0.2) is 4.79 Å². The molecule has 96 valence electrons. The molecule has 1 aliphatic rings. The van der Waals surface area contributed by atoms with Gasteiger partial charge in [0.05, 0.1) is 0 Å². The molecule has 0 saturated heterocycles. The minimum absolute atomic E-state index is 0.235. The van der Waals surface area contributed by atoms with Gasteiger partial charge in [0.25, 0.3) is 0 Å². The molecule has 1 saturated carbocycles. The first-order valence-electron chi connectivity index (χ1n) is 5.44. The maximum Gasteiger partial charge on any atom is 0.323 e. The second-order valence-corrected chi connectivity index (χ2v) is 4.20. The van der Waals surface area contributed by atoms with Crippen LogP contribution in [0.25, 0.3) is 0 Å². The molecule has 3 amide bonds. The SMILES string of the molecule is CC(NC(=O)N(C)CC(=O)O)C(=O)NC1CC1. The smallest absolute Gasteiger partial charge is 0.323 e. The van der Waals surface area contributed by atoms with Crippen LogP contribution < -0.4 is 10.6 Å². The zero-order valence-electron chi connectivity index (χ0n) is 9.90. The van der Waals surface area contributed by atoms with Gasteiger partial charge in [0, 0.05) is 13.1 Å². The highest BCUT2D eigenvalue weighted by atomic mass is 16.4. The Morgan fingerprint density at radius 1 is 1.41 bits per heavy atom. The number of carbonyl (C=O) groups excluding carboxylic acids is 2. The fourth-order valence-corrected chi connectivity index (χ4v) is 1.19. The van der Waals surface area contributed by atoms with Crippen molar-refractivity contribution in [2.45, 2.75) is 31.8 Å². The van der Waals surface area contributed by atoms with Crippen molar-refractivity contribution in [3.63, 3.8) is 0 Å². The van der Waals surface area contributed by atoms with E-state index >= 15 is 0 Å². The molecule has 0 spiro atoms. The van der Waals surface area contributed by atoms with Gasteiger partial charge in [0.1, 0.15) is 12.6 Å². The molecule has 3 N–H and O–H groups in total. The minimum Gasteiger partial charge on any atom is -0.480 e. The average molecular weight is 243 g/mol. The van der Waals surface area contributed by atoms with E-state index in [1.165, 1.54) is 7.05 Å². The highest BCUT2D eigenvalue weighted by Crippen LogP contribution is 2.18. The van der Waals surface area contributed by atoms with Crippen molar-refractivity contribution in [2.24, 2.45) is 0 Å². The predicted molar refractivity (Wildman–Crippen MR) is 59.4 cm³/mol. The normalized spacial score (nSPS) is 15.9. The van der Waals surface area contributed by atoms with E-state index < -0.39 is 24.6 Å². The van der Waals surface area contributed by atoms with E-state index in [1.807, 2.05) is 0 Å². The van der Waals surface area contributed by atoms with Crippen LogP contribution in [0.15, 0.2) is 0 Å². The Morgan fingerprint density at radius 2 is 2.00 bits per heavy atom. The number of hydrogen-bond donors (Lipinski definition) is 3. The van der Waals surface area contributed by atoms with Crippen molar-refractivity contribution in [3.8, 4) is 0 Å². The lowest BCUT2D eigenvalue weighted by molar-refractivity contribution is -0.137. The summed E-state index contributed by atoms with van der Waals surface area (Å²) >= 11 is 0. The monoisotopic (exact) mass is 243 g/mol. The molecule has 17 heavy (non-hydrogen) atoms. The predicted octanol–water partition coefficient (Wildman–Crippen LogP) is -0.620. The summed E-state index contributed by atoms with van der Waals surface area (Å²) in [7, 11) is 1.36. The van der Waals surface area contributed by atoms with Crippen LogP contribution >= 0.6 is 0 Å². The summed E-state index contributed by atoms with van der Waals surface area (Å²) in [4.78, 5) is 34.4. The molecule has 0 bridgehead atoms. The third kappa shape index (κ3) is 4.71. The number of nitrogens with one attached hydrogen (secondary N) is 2. The Balaban J connectivity index is 2.32. The molecule has 0 aromatic heterocycles. The zero-order valence-corrected chi connectivity index (χ0v) is 9.90. The number of rotatable bonds is 5. The lowest BCUT2D eigenvalue weighted by atomic mass is 10.3.